The molecular formula is C15H20ClN3O2. The molecule has 2 N–H and O–H groups in total. The minimum Gasteiger partial charge on any atom is -0.335 e. The first kappa shape index (κ1) is 15.8. The lowest BCUT2D eigenvalue weighted by atomic mass is 10.2. The number of imide groups is 1. The van der Waals surface area contributed by atoms with E-state index < -0.39 is 12.1 Å². The Bertz CT molecular complexity index is 531. The summed E-state index contributed by atoms with van der Waals surface area (Å²) in [6.45, 7) is 2.30. The van der Waals surface area contributed by atoms with E-state index in [4.69, 9.17) is 11.6 Å². The van der Waals surface area contributed by atoms with Crippen LogP contribution in [0.2, 0.25) is 5.02 Å². The van der Waals surface area contributed by atoms with Crippen LogP contribution in [0.5, 0.6) is 0 Å². The van der Waals surface area contributed by atoms with E-state index in [1.165, 1.54) is 0 Å². The minimum atomic E-state index is -0.425. The predicted molar refractivity (Wildman–Crippen MR) is 82.1 cm³/mol. The Labute approximate surface area is 129 Å². The summed E-state index contributed by atoms with van der Waals surface area (Å²) in [7, 11) is 1.83. The van der Waals surface area contributed by atoms with Crippen molar-refractivity contribution in [3.63, 3.8) is 0 Å². The number of nitrogens with zero attached hydrogens (tertiary/aromatic N) is 1. The highest BCUT2D eigenvalue weighted by atomic mass is 35.5. The third-order valence-electron chi connectivity index (χ3n) is 3.57. The molecule has 3 amide bonds. The summed E-state index contributed by atoms with van der Waals surface area (Å²) < 4.78 is 0. The van der Waals surface area contributed by atoms with Gasteiger partial charge in [-0.25, -0.2) is 4.79 Å². The first-order valence-corrected chi connectivity index (χ1v) is 7.40. The summed E-state index contributed by atoms with van der Waals surface area (Å²) >= 11 is 6.11. The fourth-order valence-corrected chi connectivity index (χ4v) is 2.09. The Morgan fingerprint density at radius 2 is 2.05 bits per heavy atom. The molecule has 0 saturated heterocycles. The Morgan fingerprint density at radius 1 is 1.38 bits per heavy atom. The first-order valence-electron chi connectivity index (χ1n) is 7.02. The molecule has 1 aromatic carbocycles. The highest BCUT2D eigenvalue weighted by Gasteiger charge is 2.26. The Morgan fingerprint density at radius 3 is 2.67 bits per heavy atom. The van der Waals surface area contributed by atoms with Gasteiger partial charge >= 0.3 is 6.03 Å². The molecule has 21 heavy (non-hydrogen) atoms. The van der Waals surface area contributed by atoms with Crippen molar-refractivity contribution in [3.05, 3.63) is 34.9 Å². The fourth-order valence-electron chi connectivity index (χ4n) is 1.90. The van der Waals surface area contributed by atoms with Crippen LogP contribution < -0.4 is 10.6 Å². The molecule has 0 radical (unpaired) electrons. The molecule has 0 bridgehead atoms. The van der Waals surface area contributed by atoms with Crippen LogP contribution in [0.15, 0.2) is 24.3 Å². The number of rotatable bonds is 5. The van der Waals surface area contributed by atoms with Gasteiger partial charge in [0.25, 0.3) is 0 Å². The van der Waals surface area contributed by atoms with Gasteiger partial charge in [-0.05, 0) is 38.4 Å². The zero-order chi connectivity index (χ0) is 15.4. The van der Waals surface area contributed by atoms with Crippen LogP contribution in [0.4, 0.5) is 4.79 Å². The maximum atomic E-state index is 12.0. The molecule has 0 spiro atoms. The van der Waals surface area contributed by atoms with Crippen LogP contribution in [0.25, 0.3) is 0 Å². The van der Waals surface area contributed by atoms with Crippen molar-refractivity contribution in [3.8, 4) is 0 Å². The lowest BCUT2D eigenvalue weighted by molar-refractivity contribution is -0.124. The van der Waals surface area contributed by atoms with Crippen LogP contribution >= 0.6 is 11.6 Å². The average molecular weight is 310 g/mol. The van der Waals surface area contributed by atoms with Crippen LogP contribution in [0, 0.1) is 0 Å². The number of halogens is 1. The summed E-state index contributed by atoms with van der Waals surface area (Å²) in [5.74, 6) is -0.317. The standard InChI is InChI=1S/C15H20ClN3O2/c1-10(14(20)18-15(21)17-12-7-8-12)19(2)9-11-5-3-4-6-13(11)16/h3-6,10,12H,7-9H2,1-2H3,(H2,17,18,20,21). The summed E-state index contributed by atoms with van der Waals surface area (Å²) in [6.07, 6.45) is 1.98. The van der Waals surface area contributed by atoms with E-state index in [1.807, 2.05) is 36.2 Å². The van der Waals surface area contributed by atoms with E-state index in [0.717, 1.165) is 18.4 Å². The number of likely N-dealkylation sites (N-methyl/N-ethyl adjacent to an activating group) is 1. The van der Waals surface area contributed by atoms with Gasteiger partial charge in [0, 0.05) is 17.6 Å². The Kier molecular flexibility index (Phi) is 5.20. The normalized spacial score (nSPS) is 15.6. The van der Waals surface area contributed by atoms with Gasteiger partial charge < -0.3 is 5.32 Å². The maximum Gasteiger partial charge on any atom is 0.321 e. The van der Waals surface area contributed by atoms with Crippen molar-refractivity contribution in [1.82, 2.24) is 15.5 Å². The molecule has 0 heterocycles. The molecule has 2 rings (SSSR count). The SMILES string of the molecule is CC(C(=O)NC(=O)NC1CC1)N(C)Cc1ccccc1Cl. The average Bonchev–Trinajstić information content (AvgIpc) is 3.24. The van der Waals surface area contributed by atoms with Gasteiger partial charge in [0.15, 0.2) is 0 Å². The van der Waals surface area contributed by atoms with E-state index in [1.54, 1.807) is 6.92 Å². The second-order valence-corrected chi connectivity index (χ2v) is 5.83. The summed E-state index contributed by atoms with van der Waals surface area (Å²) in [4.78, 5) is 25.4. The molecule has 1 aromatic rings. The van der Waals surface area contributed by atoms with Gasteiger partial charge in [-0.3, -0.25) is 15.0 Å². The minimum absolute atomic E-state index is 0.231. The quantitative estimate of drug-likeness (QED) is 0.876. The third-order valence-corrected chi connectivity index (χ3v) is 3.94. The van der Waals surface area contributed by atoms with Gasteiger partial charge in [0.2, 0.25) is 5.91 Å². The summed E-state index contributed by atoms with van der Waals surface area (Å²) in [5.41, 5.74) is 0.948. The number of carbonyl (C=O) groups is 2. The van der Waals surface area contributed by atoms with Crippen molar-refractivity contribution in [2.45, 2.75) is 38.4 Å². The maximum absolute atomic E-state index is 12.0. The summed E-state index contributed by atoms with van der Waals surface area (Å²) in [6, 6.07) is 6.90. The zero-order valence-electron chi connectivity index (χ0n) is 12.2. The monoisotopic (exact) mass is 309 g/mol. The van der Waals surface area contributed by atoms with Crippen LogP contribution in [0.3, 0.4) is 0 Å². The zero-order valence-corrected chi connectivity index (χ0v) is 13.0. The van der Waals surface area contributed by atoms with Gasteiger partial charge in [-0.1, -0.05) is 29.8 Å². The van der Waals surface area contributed by atoms with Gasteiger partial charge in [0.1, 0.15) is 0 Å². The largest absolute Gasteiger partial charge is 0.335 e. The van der Waals surface area contributed by atoms with E-state index in [9.17, 15) is 9.59 Å². The third kappa shape index (κ3) is 4.72. The van der Waals surface area contributed by atoms with Gasteiger partial charge in [-0.15, -0.1) is 0 Å². The topological polar surface area (TPSA) is 61.4 Å². The first-order chi connectivity index (χ1) is 9.97. The molecule has 114 valence electrons. The number of benzene rings is 1. The molecule has 0 aromatic heterocycles. The molecule has 1 fully saturated rings. The lowest BCUT2D eigenvalue weighted by Crippen LogP contribution is -2.48. The van der Waals surface area contributed by atoms with Gasteiger partial charge in [-0.2, -0.15) is 0 Å². The van der Waals surface area contributed by atoms with E-state index in [2.05, 4.69) is 10.6 Å². The number of hydrogen-bond acceptors (Lipinski definition) is 3. The lowest BCUT2D eigenvalue weighted by Gasteiger charge is -2.24. The number of hydrogen-bond donors (Lipinski definition) is 2. The molecule has 5 nitrogen and oxygen atoms in total. The molecule has 1 aliphatic rings. The van der Waals surface area contributed by atoms with E-state index in [0.29, 0.717) is 11.6 Å². The van der Waals surface area contributed by atoms with Crippen molar-refractivity contribution >= 4 is 23.5 Å². The number of amides is 3. The highest BCUT2D eigenvalue weighted by molar-refractivity contribution is 6.31. The molecule has 1 unspecified atom stereocenters. The predicted octanol–water partition coefficient (Wildman–Crippen LogP) is 2.15. The van der Waals surface area contributed by atoms with E-state index >= 15 is 0 Å². The van der Waals surface area contributed by atoms with Crippen LogP contribution in [-0.4, -0.2) is 36.0 Å². The molecule has 1 atom stereocenters. The van der Waals surface area contributed by atoms with Crippen molar-refractivity contribution in [1.29, 1.82) is 0 Å². The van der Waals surface area contributed by atoms with E-state index in [-0.39, 0.29) is 11.9 Å². The van der Waals surface area contributed by atoms with Crippen molar-refractivity contribution in [2.75, 3.05) is 7.05 Å². The Hall–Kier alpha value is -1.59. The second kappa shape index (κ2) is 6.91. The van der Waals surface area contributed by atoms with Gasteiger partial charge in [0.05, 0.1) is 6.04 Å². The van der Waals surface area contributed by atoms with Crippen LogP contribution in [-0.2, 0) is 11.3 Å². The molecule has 1 saturated carbocycles. The fraction of sp³-hybridized carbons (Fsp3) is 0.467. The second-order valence-electron chi connectivity index (χ2n) is 5.42. The molecule has 0 aliphatic heterocycles. The molecule has 1 aliphatic carbocycles. The molecule has 6 heteroatoms. The Balaban J connectivity index is 1.85. The smallest absolute Gasteiger partial charge is 0.321 e. The summed E-state index contributed by atoms with van der Waals surface area (Å²) in [5, 5.41) is 5.77. The number of urea groups is 1. The van der Waals surface area contributed by atoms with Crippen molar-refractivity contribution in [2.24, 2.45) is 0 Å². The highest BCUT2D eigenvalue weighted by Crippen LogP contribution is 2.18. The van der Waals surface area contributed by atoms with Crippen LogP contribution in [0.1, 0.15) is 25.3 Å². The van der Waals surface area contributed by atoms with Crippen molar-refractivity contribution < 1.29 is 9.59 Å². The molecular weight excluding hydrogens is 290 g/mol. The number of carbonyl (C=O) groups excluding carboxylic acids is 2. The number of nitrogens with one attached hydrogen (secondary N) is 2.